The lowest BCUT2D eigenvalue weighted by molar-refractivity contribution is -0.156. The van der Waals surface area contributed by atoms with Gasteiger partial charge in [-0.2, -0.15) is 8.42 Å². The lowest BCUT2D eigenvalue weighted by atomic mass is 10.2. The van der Waals surface area contributed by atoms with Crippen LogP contribution in [0.4, 0.5) is 0 Å². The van der Waals surface area contributed by atoms with Gasteiger partial charge in [-0.15, -0.1) is 12.8 Å². The van der Waals surface area contributed by atoms with E-state index < -0.39 is 34.6 Å². The molecule has 0 aliphatic rings. The Balaban J connectivity index is 4.80. The molecule has 0 bridgehead atoms. The lowest BCUT2D eigenvalue weighted by Gasteiger charge is -2.14. The van der Waals surface area contributed by atoms with Crippen molar-refractivity contribution >= 4 is 22.1 Å². The highest BCUT2D eigenvalue weighted by atomic mass is 32.2. The first-order valence-electron chi connectivity index (χ1n) is 5.46. The number of rotatable bonds is 8. The summed E-state index contributed by atoms with van der Waals surface area (Å²) in [7, 11) is -3.96. The summed E-state index contributed by atoms with van der Waals surface area (Å²) in [5, 5.41) is 0. The van der Waals surface area contributed by atoms with Crippen LogP contribution in [0.3, 0.4) is 0 Å². The molecule has 0 rings (SSSR count). The van der Waals surface area contributed by atoms with Crippen molar-refractivity contribution in [3.63, 3.8) is 0 Å². The van der Waals surface area contributed by atoms with Gasteiger partial charge >= 0.3 is 11.9 Å². The van der Waals surface area contributed by atoms with Gasteiger partial charge < -0.3 is 9.47 Å². The summed E-state index contributed by atoms with van der Waals surface area (Å²) in [4.78, 5) is 22.9. The molecule has 20 heavy (non-hydrogen) atoms. The molecule has 0 radical (unpaired) electrons. The molecule has 1 atom stereocenters. The number of esters is 2. The van der Waals surface area contributed by atoms with Crippen LogP contribution in [-0.2, 0) is 33.4 Å². The Morgan fingerprint density at radius 2 is 1.70 bits per heavy atom. The van der Waals surface area contributed by atoms with Crippen LogP contribution in [0, 0.1) is 24.7 Å². The van der Waals surface area contributed by atoms with Crippen LogP contribution in [0.15, 0.2) is 0 Å². The quantitative estimate of drug-likeness (QED) is 0.337. The number of hydrogen-bond donors (Lipinski definition) is 0. The van der Waals surface area contributed by atoms with Crippen molar-refractivity contribution in [2.75, 3.05) is 19.0 Å². The van der Waals surface area contributed by atoms with E-state index in [0.29, 0.717) is 0 Å². The third-order valence-corrected chi connectivity index (χ3v) is 3.08. The molecule has 0 amide bonds. The van der Waals surface area contributed by atoms with E-state index in [4.69, 9.17) is 12.8 Å². The van der Waals surface area contributed by atoms with Crippen LogP contribution in [0.1, 0.15) is 13.3 Å². The fourth-order valence-corrected chi connectivity index (χ4v) is 1.58. The summed E-state index contributed by atoms with van der Waals surface area (Å²) in [5.74, 6) is 1.74. The van der Waals surface area contributed by atoms with Gasteiger partial charge in [-0.25, -0.2) is 4.79 Å². The van der Waals surface area contributed by atoms with Crippen LogP contribution < -0.4 is 0 Å². The molecule has 0 aliphatic heterocycles. The Hall–Kier alpha value is -2.03. The minimum Gasteiger partial charge on any atom is -0.452 e. The van der Waals surface area contributed by atoms with Crippen LogP contribution in [0.2, 0.25) is 0 Å². The minimum absolute atomic E-state index is 0.300. The predicted octanol–water partition coefficient (Wildman–Crippen LogP) is -0.536. The minimum atomic E-state index is -3.96. The highest BCUT2D eigenvalue weighted by Crippen LogP contribution is 2.08. The smallest absolute Gasteiger partial charge is 0.338 e. The Labute approximate surface area is 117 Å². The molecular formula is C12H14O7S. The van der Waals surface area contributed by atoms with Gasteiger partial charge in [0.1, 0.15) is 0 Å². The van der Waals surface area contributed by atoms with Crippen molar-refractivity contribution < 1.29 is 31.7 Å². The summed E-state index contributed by atoms with van der Waals surface area (Å²) >= 11 is 0. The molecule has 0 fully saturated rings. The Morgan fingerprint density at radius 3 is 2.20 bits per heavy atom. The summed E-state index contributed by atoms with van der Waals surface area (Å²) in [6.45, 7) is 0.644. The normalized spacial score (nSPS) is 11.8. The van der Waals surface area contributed by atoms with Crippen molar-refractivity contribution in [1.29, 1.82) is 0 Å². The number of carbonyl (C=O) groups is 2. The number of ether oxygens (including phenoxy) is 2. The SMILES string of the molecule is C#CCOC(=O)CC(OS(=O)(=O)CC)C(=O)OCC#C. The Kier molecular flexibility index (Phi) is 8.06. The second kappa shape index (κ2) is 8.97. The predicted molar refractivity (Wildman–Crippen MR) is 68.5 cm³/mol. The van der Waals surface area contributed by atoms with E-state index in [2.05, 4.69) is 13.7 Å². The first kappa shape index (κ1) is 18.0. The molecule has 110 valence electrons. The molecule has 0 saturated carbocycles. The van der Waals surface area contributed by atoms with Crippen LogP contribution in [0.25, 0.3) is 0 Å². The molecule has 0 aromatic heterocycles. The van der Waals surface area contributed by atoms with Gasteiger partial charge in [-0.3, -0.25) is 8.98 Å². The molecule has 0 heterocycles. The van der Waals surface area contributed by atoms with Crippen LogP contribution in [0.5, 0.6) is 0 Å². The maximum atomic E-state index is 11.5. The second-order valence-electron chi connectivity index (χ2n) is 3.31. The summed E-state index contributed by atoms with van der Waals surface area (Å²) in [6, 6.07) is 0. The molecule has 7 nitrogen and oxygen atoms in total. The number of terminal acetylenes is 2. The first-order valence-corrected chi connectivity index (χ1v) is 7.04. The number of carbonyl (C=O) groups excluding carboxylic acids is 2. The second-order valence-corrected chi connectivity index (χ2v) is 5.20. The summed E-state index contributed by atoms with van der Waals surface area (Å²) < 4.78 is 36.3. The fourth-order valence-electron chi connectivity index (χ4n) is 0.940. The number of hydrogen-bond acceptors (Lipinski definition) is 7. The van der Waals surface area contributed by atoms with Crippen LogP contribution >= 0.6 is 0 Å². The molecule has 0 spiro atoms. The molecule has 0 aromatic carbocycles. The van der Waals surface area contributed by atoms with Gasteiger partial charge in [-0.1, -0.05) is 11.8 Å². The van der Waals surface area contributed by atoms with Crippen LogP contribution in [-0.4, -0.2) is 45.4 Å². The van der Waals surface area contributed by atoms with E-state index in [1.165, 1.54) is 6.92 Å². The average molecular weight is 302 g/mol. The molecule has 0 aromatic rings. The van der Waals surface area contributed by atoms with E-state index in [0.717, 1.165) is 0 Å². The van der Waals surface area contributed by atoms with E-state index in [1.807, 2.05) is 11.8 Å². The molecule has 8 heteroatoms. The lowest BCUT2D eigenvalue weighted by Crippen LogP contribution is -2.32. The van der Waals surface area contributed by atoms with E-state index >= 15 is 0 Å². The zero-order chi connectivity index (χ0) is 15.6. The molecule has 0 N–H and O–H groups in total. The Morgan fingerprint density at radius 1 is 1.15 bits per heavy atom. The topological polar surface area (TPSA) is 96.0 Å². The molecule has 1 unspecified atom stereocenters. The van der Waals surface area contributed by atoms with E-state index in [9.17, 15) is 18.0 Å². The highest BCUT2D eigenvalue weighted by Gasteiger charge is 2.29. The van der Waals surface area contributed by atoms with Crippen molar-refractivity contribution in [3.8, 4) is 24.7 Å². The standard InChI is InChI=1S/C12H14O7S/c1-4-7-17-11(13)9-10(12(14)18-8-5-2)19-20(15,16)6-3/h1-2,10H,6-9H2,3H3. The van der Waals surface area contributed by atoms with Gasteiger partial charge in [0.15, 0.2) is 19.3 Å². The molecule has 0 aliphatic carbocycles. The van der Waals surface area contributed by atoms with Crippen molar-refractivity contribution in [1.82, 2.24) is 0 Å². The van der Waals surface area contributed by atoms with Crippen molar-refractivity contribution in [2.45, 2.75) is 19.4 Å². The maximum absolute atomic E-state index is 11.5. The van der Waals surface area contributed by atoms with Gasteiger partial charge in [0, 0.05) is 0 Å². The first-order chi connectivity index (χ1) is 9.36. The zero-order valence-corrected chi connectivity index (χ0v) is 11.6. The highest BCUT2D eigenvalue weighted by molar-refractivity contribution is 7.86. The van der Waals surface area contributed by atoms with E-state index in [-0.39, 0.29) is 19.0 Å². The third kappa shape index (κ3) is 7.41. The zero-order valence-electron chi connectivity index (χ0n) is 10.8. The average Bonchev–Trinajstić information content (AvgIpc) is 2.41. The molecular weight excluding hydrogens is 288 g/mol. The summed E-state index contributed by atoms with van der Waals surface area (Å²) in [6.07, 6.45) is 7.48. The Bertz CT molecular complexity index is 521. The monoisotopic (exact) mass is 302 g/mol. The third-order valence-electron chi connectivity index (χ3n) is 1.85. The van der Waals surface area contributed by atoms with Crippen molar-refractivity contribution in [2.24, 2.45) is 0 Å². The van der Waals surface area contributed by atoms with E-state index in [1.54, 1.807) is 0 Å². The maximum Gasteiger partial charge on any atom is 0.338 e. The van der Waals surface area contributed by atoms with Gasteiger partial charge in [-0.05, 0) is 6.92 Å². The van der Waals surface area contributed by atoms with Gasteiger partial charge in [0.05, 0.1) is 12.2 Å². The van der Waals surface area contributed by atoms with Crippen molar-refractivity contribution in [3.05, 3.63) is 0 Å². The fraction of sp³-hybridized carbons (Fsp3) is 0.500. The van der Waals surface area contributed by atoms with Gasteiger partial charge in [0.2, 0.25) is 0 Å². The largest absolute Gasteiger partial charge is 0.452 e. The molecule has 0 saturated heterocycles. The summed E-state index contributed by atoms with van der Waals surface area (Å²) in [5.41, 5.74) is 0. The van der Waals surface area contributed by atoms with Gasteiger partial charge in [0.25, 0.3) is 10.1 Å².